The fourth-order valence-corrected chi connectivity index (χ4v) is 4.70. The summed E-state index contributed by atoms with van der Waals surface area (Å²) in [5.74, 6) is 0. The number of rotatable bonds is 0. The molecule has 0 aliphatic carbocycles. The summed E-state index contributed by atoms with van der Waals surface area (Å²) >= 11 is 7.25. The molecule has 1 aromatic carbocycles. The molecule has 2 heterocycles. The van der Waals surface area contributed by atoms with Gasteiger partial charge in [0.15, 0.2) is 0 Å². The summed E-state index contributed by atoms with van der Waals surface area (Å²) in [6, 6.07) is 4.47. The number of hydrogen-bond donors (Lipinski definition) is 0. The van der Waals surface area contributed by atoms with Crippen molar-refractivity contribution in [2.75, 3.05) is 0 Å². The minimum atomic E-state index is 1.22. The molecule has 15 heavy (non-hydrogen) atoms. The van der Waals surface area contributed by atoms with Crippen molar-refractivity contribution in [3.63, 3.8) is 0 Å². The molecule has 0 aliphatic heterocycles. The van der Waals surface area contributed by atoms with Gasteiger partial charge in [-0.25, -0.2) is 0 Å². The first-order valence-electron chi connectivity index (χ1n) is 4.74. The Labute approximate surface area is 105 Å². The van der Waals surface area contributed by atoms with E-state index in [2.05, 4.69) is 47.3 Å². The topological polar surface area (TPSA) is 0 Å². The number of fused-ring (bicyclic) bond motifs is 2. The Morgan fingerprint density at radius 3 is 2.60 bits per heavy atom. The second kappa shape index (κ2) is 3.30. The van der Waals surface area contributed by atoms with E-state index in [1.807, 2.05) is 22.7 Å². The first-order valence-corrected chi connectivity index (χ1v) is 7.23. The van der Waals surface area contributed by atoms with Gasteiger partial charge in [-0.1, -0.05) is 0 Å². The molecule has 2 aromatic heterocycles. The quantitative estimate of drug-likeness (QED) is 0.514. The van der Waals surface area contributed by atoms with Crippen LogP contribution < -0.4 is 0 Å². The van der Waals surface area contributed by atoms with E-state index >= 15 is 0 Å². The Morgan fingerprint density at radius 2 is 1.80 bits per heavy atom. The summed E-state index contributed by atoms with van der Waals surface area (Å²) < 4.78 is 4.08. The molecule has 0 radical (unpaired) electrons. The number of halogens is 1. The third kappa shape index (κ3) is 1.30. The molecule has 3 rings (SSSR count). The fraction of sp³-hybridized carbons (Fsp3) is 0.167. The summed E-state index contributed by atoms with van der Waals surface area (Å²) in [5.41, 5.74) is 2.84. The van der Waals surface area contributed by atoms with E-state index in [0.717, 1.165) is 0 Å². The van der Waals surface area contributed by atoms with Gasteiger partial charge < -0.3 is 0 Å². The highest BCUT2D eigenvalue weighted by atomic mass is 79.9. The fourth-order valence-electron chi connectivity index (χ4n) is 2.06. The Morgan fingerprint density at radius 1 is 1.07 bits per heavy atom. The number of thiophene rings is 2. The maximum atomic E-state index is 3.58. The van der Waals surface area contributed by atoms with Gasteiger partial charge in [0.05, 0.1) is 3.79 Å². The minimum absolute atomic E-state index is 1.22. The van der Waals surface area contributed by atoms with Crippen molar-refractivity contribution in [1.82, 2.24) is 0 Å². The number of benzene rings is 1. The van der Waals surface area contributed by atoms with Crippen LogP contribution in [0.15, 0.2) is 21.3 Å². The standard InChI is InChI=1S/C12H9BrS2/c1-6-8-3-4-14-11(8)7(2)9-5-10(13)15-12(6)9/h3-5H,1-2H3. The molecule has 0 saturated heterocycles. The second-order valence-electron chi connectivity index (χ2n) is 3.71. The van der Waals surface area contributed by atoms with E-state index in [4.69, 9.17) is 0 Å². The van der Waals surface area contributed by atoms with Gasteiger partial charge in [0, 0.05) is 9.40 Å². The molecule has 0 aliphatic rings. The van der Waals surface area contributed by atoms with E-state index in [9.17, 15) is 0 Å². The maximum absolute atomic E-state index is 3.58. The van der Waals surface area contributed by atoms with Crippen molar-refractivity contribution in [3.8, 4) is 0 Å². The highest BCUT2D eigenvalue weighted by molar-refractivity contribution is 9.11. The molecule has 0 saturated carbocycles. The molecule has 0 N–H and O–H groups in total. The second-order valence-corrected chi connectivity index (χ2v) is 7.05. The van der Waals surface area contributed by atoms with Crippen molar-refractivity contribution >= 4 is 58.8 Å². The van der Waals surface area contributed by atoms with Crippen molar-refractivity contribution in [2.45, 2.75) is 13.8 Å². The molecule has 0 unspecified atom stereocenters. The zero-order chi connectivity index (χ0) is 10.6. The van der Waals surface area contributed by atoms with E-state index < -0.39 is 0 Å². The lowest BCUT2D eigenvalue weighted by atomic mass is 10.0. The third-order valence-electron chi connectivity index (χ3n) is 2.86. The minimum Gasteiger partial charge on any atom is -0.144 e. The van der Waals surface area contributed by atoms with Crippen LogP contribution in [-0.2, 0) is 0 Å². The van der Waals surface area contributed by atoms with Crippen LogP contribution in [0.4, 0.5) is 0 Å². The molecular formula is C12H9BrS2. The van der Waals surface area contributed by atoms with Crippen LogP contribution in [0, 0.1) is 13.8 Å². The summed E-state index contributed by atoms with van der Waals surface area (Å²) in [6.07, 6.45) is 0. The van der Waals surface area contributed by atoms with Gasteiger partial charge in [0.1, 0.15) is 0 Å². The van der Waals surface area contributed by atoms with Crippen LogP contribution in [0.5, 0.6) is 0 Å². The van der Waals surface area contributed by atoms with Gasteiger partial charge in [0.25, 0.3) is 0 Å². The van der Waals surface area contributed by atoms with Gasteiger partial charge in [0.2, 0.25) is 0 Å². The van der Waals surface area contributed by atoms with Crippen LogP contribution in [0.1, 0.15) is 11.1 Å². The molecule has 0 spiro atoms. The van der Waals surface area contributed by atoms with Gasteiger partial charge >= 0.3 is 0 Å². The van der Waals surface area contributed by atoms with Crippen LogP contribution in [0.3, 0.4) is 0 Å². The van der Waals surface area contributed by atoms with Gasteiger partial charge in [-0.2, -0.15) is 0 Å². The molecule has 0 amide bonds. The summed E-state index contributed by atoms with van der Waals surface area (Å²) in [6.45, 7) is 4.44. The SMILES string of the molecule is Cc1c2cc(Br)sc2c(C)c2ccsc12. The summed E-state index contributed by atoms with van der Waals surface area (Å²) in [4.78, 5) is 0. The lowest BCUT2D eigenvalue weighted by Gasteiger charge is -2.03. The Hall–Kier alpha value is -0.380. The molecule has 3 aromatic rings. The van der Waals surface area contributed by atoms with E-state index in [-0.39, 0.29) is 0 Å². The van der Waals surface area contributed by atoms with Crippen LogP contribution in [0.25, 0.3) is 20.2 Å². The lowest BCUT2D eigenvalue weighted by molar-refractivity contribution is 1.58. The molecule has 0 fully saturated rings. The normalized spacial score (nSPS) is 11.7. The Kier molecular flexibility index (Phi) is 2.16. The average molecular weight is 297 g/mol. The largest absolute Gasteiger partial charge is 0.144 e. The summed E-state index contributed by atoms with van der Waals surface area (Å²) in [5, 5.41) is 5.00. The van der Waals surface area contributed by atoms with Gasteiger partial charge in [-0.3, -0.25) is 0 Å². The van der Waals surface area contributed by atoms with E-state index in [1.165, 1.54) is 35.1 Å². The maximum Gasteiger partial charge on any atom is 0.0711 e. The highest BCUT2D eigenvalue weighted by Gasteiger charge is 2.11. The molecule has 3 heteroatoms. The van der Waals surface area contributed by atoms with Crippen molar-refractivity contribution in [1.29, 1.82) is 0 Å². The molecule has 76 valence electrons. The molecule has 0 atom stereocenters. The third-order valence-corrected chi connectivity index (χ3v) is 5.65. The first-order chi connectivity index (χ1) is 7.18. The predicted molar refractivity (Wildman–Crippen MR) is 74.4 cm³/mol. The highest BCUT2D eigenvalue weighted by Crippen LogP contribution is 2.40. The lowest BCUT2D eigenvalue weighted by Crippen LogP contribution is -1.79. The Bertz CT molecular complexity index is 607. The van der Waals surface area contributed by atoms with Crippen LogP contribution in [0.2, 0.25) is 0 Å². The predicted octanol–water partition coefficient (Wildman–Crippen LogP) is 5.50. The first kappa shape index (κ1) is 9.82. The van der Waals surface area contributed by atoms with Crippen LogP contribution in [-0.4, -0.2) is 0 Å². The zero-order valence-corrected chi connectivity index (χ0v) is 11.6. The van der Waals surface area contributed by atoms with E-state index in [0.29, 0.717) is 0 Å². The van der Waals surface area contributed by atoms with E-state index in [1.54, 1.807) is 0 Å². The van der Waals surface area contributed by atoms with Crippen molar-refractivity contribution in [3.05, 3.63) is 32.4 Å². The smallest absolute Gasteiger partial charge is 0.0711 e. The molecule has 0 nitrogen and oxygen atoms in total. The average Bonchev–Trinajstić information content (AvgIpc) is 2.79. The summed E-state index contributed by atoms with van der Waals surface area (Å²) in [7, 11) is 0. The number of hydrogen-bond acceptors (Lipinski definition) is 2. The molecule has 0 bridgehead atoms. The van der Waals surface area contributed by atoms with Gasteiger partial charge in [-0.15, -0.1) is 22.7 Å². The molecular weight excluding hydrogens is 288 g/mol. The number of aryl methyl sites for hydroxylation is 2. The Balaban J connectivity index is 2.67. The van der Waals surface area contributed by atoms with Gasteiger partial charge in [-0.05, 0) is 69.2 Å². The van der Waals surface area contributed by atoms with Crippen LogP contribution >= 0.6 is 38.6 Å². The monoisotopic (exact) mass is 296 g/mol. The zero-order valence-electron chi connectivity index (χ0n) is 8.43. The van der Waals surface area contributed by atoms with Crippen molar-refractivity contribution < 1.29 is 0 Å². The van der Waals surface area contributed by atoms with Crippen molar-refractivity contribution in [2.24, 2.45) is 0 Å².